The molecule has 1 heterocycles. The van der Waals surface area contributed by atoms with Crippen molar-refractivity contribution in [2.75, 3.05) is 12.9 Å². The maximum atomic E-state index is 12.7. The Morgan fingerprint density at radius 1 is 1.19 bits per heavy atom. The molecule has 1 aliphatic rings. The maximum absolute atomic E-state index is 12.7. The van der Waals surface area contributed by atoms with Crippen LogP contribution in [0, 0.1) is 0 Å². The van der Waals surface area contributed by atoms with E-state index in [1.807, 2.05) is 48.2 Å². The second-order valence-electron chi connectivity index (χ2n) is 6.53. The van der Waals surface area contributed by atoms with E-state index in [2.05, 4.69) is 22.8 Å². The van der Waals surface area contributed by atoms with Gasteiger partial charge in [-0.05, 0) is 35.7 Å². The number of amides is 2. The van der Waals surface area contributed by atoms with Gasteiger partial charge in [-0.1, -0.05) is 30.3 Å². The molecule has 142 valence electrons. The summed E-state index contributed by atoms with van der Waals surface area (Å²) in [6.45, 7) is 1.46. The van der Waals surface area contributed by atoms with E-state index >= 15 is 0 Å². The largest absolute Gasteiger partial charge is 0.497 e. The maximum Gasteiger partial charge on any atom is 0.222 e. The first-order chi connectivity index (χ1) is 13.1. The number of thioether (sulfide) groups is 1. The molecule has 2 aromatic carbocycles. The van der Waals surface area contributed by atoms with Crippen LogP contribution < -0.4 is 15.4 Å². The number of fused-ring (bicyclic) bond motifs is 1. The molecule has 2 amide bonds. The number of hydrogen-bond donors (Lipinski definition) is 2. The lowest BCUT2D eigenvalue weighted by Crippen LogP contribution is -2.35. The molecule has 1 aliphatic heterocycles. The van der Waals surface area contributed by atoms with Gasteiger partial charge in [0.1, 0.15) is 5.75 Å². The molecule has 0 aliphatic carbocycles. The average molecular weight is 385 g/mol. The summed E-state index contributed by atoms with van der Waals surface area (Å²) in [7, 11) is 1.61. The Labute approximate surface area is 163 Å². The first-order valence-electron chi connectivity index (χ1n) is 8.99. The lowest BCUT2D eigenvalue weighted by atomic mass is 10.0. The van der Waals surface area contributed by atoms with E-state index in [-0.39, 0.29) is 30.3 Å². The minimum absolute atomic E-state index is 0.0174. The zero-order valence-corrected chi connectivity index (χ0v) is 16.3. The first-order valence-corrected chi connectivity index (χ1v) is 9.97. The molecular formula is C21H24N2O3S. The number of ether oxygens (including phenoxy) is 1. The SMILES string of the molecule is COc1ccc(C(CC(=O)NC2CCSc3ccccc32)NC(C)=O)cc1. The molecular weight excluding hydrogens is 360 g/mol. The van der Waals surface area contributed by atoms with E-state index in [0.29, 0.717) is 0 Å². The second kappa shape index (κ2) is 8.95. The van der Waals surface area contributed by atoms with Crippen molar-refractivity contribution < 1.29 is 14.3 Å². The molecule has 0 bridgehead atoms. The van der Waals surface area contributed by atoms with Gasteiger partial charge in [0.05, 0.1) is 25.6 Å². The predicted molar refractivity (Wildman–Crippen MR) is 107 cm³/mol. The Morgan fingerprint density at radius 2 is 1.93 bits per heavy atom. The quantitative estimate of drug-likeness (QED) is 0.798. The summed E-state index contributed by atoms with van der Waals surface area (Å²) in [6, 6.07) is 15.2. The number of hydrogen-bond acceptors (Lipinski definition) is 4. The molecule has 2 N–H and O–H groups in total. The summed E-state index contributed by atoms with van der Waals surface area (Å²) < 4.78 is 5.18. The summed E-state index contributed by atoms with van der Waals surface area (Å²) in [5.41, 5.74) is 2.04. The number of nitrogens with one attached hydrogen (secondary N) is 2. The number of benzene rings is 2. The van der Waals surface area contributed by atoms with Crippen molar-refractivity contribution in [3.63, 3.8) is 0 Å². The fourth-order valence-corrected chi connectivity index (χ4v) is 4.39. The third kappa shape index (κ3) is 5.04. The molecule has 0 saturated heterocycles. The third-order valence-corrected chi connectivity index (χ3v) is 5.70. The highest BCUT2D eigenvalue weighted by Gasteiger charge is 2.24. The van der Waals surface area contributed by atoms with Crippen molar-refractivity contribution in [1.82, 2.24) is 10.6 Å². The Balaban J connectivity index is 1.70. The highest BCUT2D eigenvalue weighted by Crippen LogP contribution is 2.36. The van der Waals surface area contributed by atoms with Crippen LogP contribution in [-0.2, 0) is 9.59 Å². The van der Waals surface area contributed by atoms with E-state index in [4.69, 9.17) is 4.74 Å². The smallest absolute Gasteiger partial charge is 0.222 e. The summed E-state index contributed by atoms with van der Waals surface area (Å²) in [6.07, 6.45) is 1.10. The van der Waals surface area contributed by atoms with Crippen LogP contribution in [0.1, 0.15) is 43.0 Å². The van der Waals surface area contributed by atoms with Gasteiger partial charge < -0.3 is 15.4 Å². The first kappa shape index (κ1) is 19.3. The number of methoxy groups -OCH3 is 1. The van der Waals surface area contributed by atoms with Crippen molar-refractivity contribution >= 4 is 23.6 Å². The normalized spacial score (nSPS) is 16.7. The zero-order valence-electron chi connectivity index (χ0n) is 15.5. The van der Waals surface area contributed by atoms with Gasteiger partial charge in [0.15, 0.2) is 0 Å². The predicted octanol–water partition coefficient (Wildman–Crippen LogP) is 3.62. The standard InChI is InChI=1S/C21H24N2O3S/c1-14(24)22-19(15-7-9-16(26-2)10-8-15)13-21(25)23-18-11-12-27-20-6-4-3-5-17(18)20/h3-10,18-19H,11-13H2,1-2H3,(H,22,24)(H,23,25). The minimum Gasteiger partial charge on any atom is -0.497 e. The molecule has 6 heteroatoms. The van der Waals surface area contributed by atoms with E-state index in [0.717, 1.165) is 23.5 Å². The van der Waals surface area contributed by atoms with E-state index in [1.165, 1.54) is 17.4 Å². The van der Waals surface area contributed by atoms with Crippen molar-refractivity contribution in [3.05, 3.63) is 59.7 Å². The van der Waals surface area contributed by atoms with Crippen molar-refractivity contribution in [1.29, 1.82) is 0 Å². The molecule has 0 saturated carbocycles. The summed E-state index contributed by atoms with van der Waals surface area (Å²) in [5, 5.41) is 6.02. The van der Waals surface area contributed by atoms with Crippen LogP contribution in [0.2, 0.25) is 0 Å². The Hall–Kier alpha value is -2.47. The molecule has 0 fully saturated rings. The van der Waals surface area contributed by atoms with Crippen molar-refractivity contribution in [3.8, 4) is 5.75 Å². The highest BCUT2D eigenvalue weighted by atomic mass is 32.2. The molecule has 0 aromatic heterocycles. The third-order valence-electron chi connectivity index (χ3n) is 4.58. The van der Waals surface area contributed by atoms with Crippen molar-refractivity contribution in [2.24, 2.45) is 0 Å². The van der Waals surface area contributed by atoms with E-state index in [1.54, 1.807) is 7.11 Å². The minimum atomic E-state index is -0.374. The van der Waals surface area contributed by atoms with Crippen LogP contribution >= 0.6 is 11.8 Å². The topological polar surface area (TPSA) is 67.4 Å². The lowest BCUT2D eigenvalue weighted by molar-refractivity contribution is -0.123. The Kier molecular flexibility index (Phi) is 6.40. The molecule has 27 heavy (non-hydrogen) atoms. The van der Waals surface area contributed by atoms with E-state index in [9.17, 15) is 9.59 Å². The molecule has 3 rings (SSSR count). The van der Waals surface area contributed by atoms with Gasteiger partial charge in [0.25, 0.3) is 0 Å². The molecule has 5 nitrogen and oxygen atoms in total. The van der Waals surface area contributed by atoms with Crippen LogP contribution in [0.3, 0.4) is 0 Å². The highest BCUT2D eigenvalue weighted by molar-refractivity contribution is 7.99. The number of carbonyl (C=O) groups excluding carboxylic acids is 2. The van der Waals surface area contributed by atoms with Crippen LogP contribution in [0.5, 0.6) is 5.75 Å². The average Bonchev–Trinajstić information content (AvgIpc) is 2.67. The number of carbonyl (C=O) groups is 2. The fraction of sp³-hybridized carbons (Fsp3) is 0.333. The lowest BCUT2D eigenvalue weighted by Gasteiger charge is -2.27. The van der Waals surface area contributed by atoms with Crippen LogP contribution in [0.4, 0.5) is 0 Å². The Bertz CT molecular complexity index is 807. The van der Waals surface area contributed by atoms with Gasteiger partial charge >= 0.3 is 0 Å². The summed E-state index contributed by atoms with van der Waals surface area (Å²) in [5.74, 6) is 1.48. The number of rotatable bonds is 6. The van der Waals surface area contributed by atoms with Gasteiger partial charge in [0, 0.05) is 17.6 Å². The van der Waals surface area contributed by atoms with Gasteiger partial charge in [-0.2, -0.15) is 0 Å². The zero-order chi connectivity index (χ0) is 19.2. The van der Waals surface area contributed by atoms with Gasteiger partial charge in [-0.15, -0.1) is 11.8 Å². The molecule has 0 radical (unpaired) electrons. The van der Waals surface area contributed by atoms with E-state index < -0.39 is 0 Å². The van der Waals surface area contributed by atoms with Gasteiger partial charge in [-0.3, -0.25) is 9.59 Å². The monoisotopic (exact) mass is 384 g/mol. The summed E-state index contributed by atoms with van der Waals surface area (Å²) in [4.78, 5) is 25.6. The summed E-state index contributed by atoms with van der Waals surface area (Å²) >= 11 is 1.82. The fourth-order valence-electron chi connectivity index (χ4n) is 3.26. The van der Waals surface area contributed by atoms with Crippen LogP contribution in [0.25, 0.3) is 0 Å². The van der Waals surface area contributed by atoms with Gasteiger partial charge in [0.2, 0.25) is 11.8 Å². The van der Waals surface area contributed by atoms with Crippen LogP contribution in [-0.4, -0.2) is 24.7 Å². The molecule has 2 aromatic rings. The Morgan fingerprint density at radius 3 is 2.63 bits per heavy atom. The molecule has 0 spiro atoms. The molecule has 2 unspecified atom stereocenters. The van der Waals surface area contributed by atoms with Gasteiger partial charge in [-0.25, -0.2) is 0 Å². The second-order valence-corrected chi connectivity index (χ2v) is 7.66. The van der Waals surface area contributed by atoms with Crippen LogP contribution in [0.15, 0.2) is 53.4 Å². The van der Waals surface area contributed by atoms with Crippen molar-refractivity contribution in [2.45, 2.75) is 36.7 Å². The molecule has 2 atom stereocenters.